The van der Waals surface area contributed by atoms with Gasteiger partial charge in [-0.15, -0.1) is 0 Å². The van der Waals surface area contributed by atoms with Crippen molar-refractivity contribution in [1.82, 2.24) is 10.2 Å². The number of aryl methyl sites for hydroxylation is 2. The molecular weight excluding hydrogens is 338 g/mol. The maximum atomic E-state index is 13.1. The van der Waals surface area contributed by atoms with Crippen molar-refractivity contribution in [2.24, 2.45) is 0 Å². The lowest BCUT2D eigenvalue weighted by Gasteiger charge is -2.27. The van der Waals surface area contributed by atoms with Crippen LogP contribution in [0.3, 0.4) is 0 Å². The van der Waals surface area contributed by atoms with E-state index in [1.54, 1.807) is 11.9 Å². The van der Waals surface area contributed by atoms with Crippen LogP contribution in [0.2, 0.25) is 0 Å². The van der Waals surface area contributed by atoms with Gasteiger partial charge in [0.05, 0.1) is 6.54 Å². The zero-order valence-electron chi connectivity index (χ0n) is 16.7. The number of likely N-dealkylation sites (N-methyl/N-ethyl adjacent to an activating group) is 1. The van der Waals surface area contributed by atoms with Gasteiger partial charge in [0, 0.05) is 11.7 Å². The number of amides is 2. The smallest absolute Gasteiger partial charge is 0.246 e. The van der Waals surface area contributed by atoms with Crippen LogP contribution < -0.4 is 10.6 Å². The summed E-state index contributed by atoms with van der Waals surface area (Å²) in [4.78, 5) is 27.1. The van der Waals surface area contributed by atoms with Crippen LogP contribution in [0, 0.1) is 13.8 Å². The number of nitrogens with one attached hydrogen (secondary N) is 2. The molecule has 2 aromatic carbocycles. The predicted molar refractivity (Wildman–Crippen MR) is 110 cm³/mol. The van der Waals surface area contributed by atoms with Crippen LogP contribution in [0.1, 0.15) is 36.6 Å². The number of anilines is 1. The quantitative estimate of drug-likeness (QED) is 0.788. The van der Waals surface area contributed by atoms with E-state index in [0.29, 0.717) is 0 Å². The molecule has 0 heterocycles. The van der Waals surface area contributed by atoms with Gasteiger partial charge in [-0.1, -0.05) is 42.5 Å². The summed E-state index contributed by atoms with van der Waals surface area (Å²) in [6, 6.07) is 15.0. The first-order chi connectivity index (χ1) is 12.8. The molecule has 0 aliphatic carbocycles. The predicted octanol–water partition coefficient (Wildman–Crippen LogP) is 3.44. The lowest BCUT2D eigenvalue weighted by molar-refractivity contribution is -0.125. The number of nitrogens with zero attached hydrogens (tertiary/aromatic N) is 1. The Balaban J connectivity index is 2.25. The fourth-order valence-corrected chi connectivity index (χ4v) is 3.00. The molecule has 0 aliphatic heterocycles. The Kier molecular flexibility index (Phi) is 7.13. The van der Waals surface area contributed by atoms with Crippen LogP contribution in [-0.2, 0) is 9.59 Å². The summed E-state index contributed by atoms with van der Waals surface area (Å²) in [5.74, 6) is -0.261. The summed E-state index contributed by atoms with van der Waals surface area (Å²) in [6.07, 6.45) is 0. The second-order valence-electron chi connectivity index (χ2n) is 7.26. The van der Waals surface area contributed by atoms with E-state index in [0.717, 1.165) is 22.4 Å². The average Bonchev–Trinajstić information content (AvgIpc) is 2.58. The first-order valence-corrected chi connectivity index (χ1v) is 9.20. The Bertz CT molecular complexity index is 787. The summed E-state index contributed by atoms with van der Waals surface area (Å²) in [7, 11) is 1.79. The molecule has 0 radical (unpaired) electrons. The number of carbonyl (C=O) groups is 2. The van der Waals surface area contributed by atoms with Gasteiger partial charge in [-0.2, -0.15) is 0 Å². The molecule has 0 aliphatic rings. The second-order valence-corrected chi connectivity index (χ2v) is 7.26. The van der Waals surface area contributed by atoms with Gasteiger partial charge in [-0.05, 0) is 57.5 Å². The molecule has 2 N–H and O–H groups in total. The van der Waals surface area contributed by atoms with E-state index >= 15 is 0 Å². The molecule has 2 amide bonds. The molecule has 2 aromatic rings. The van der Waals surface area contributed by atoms with Crippen LogP contribution >= 0.6 is 0 Å². The molecule has 5 nitrogen and oxygen atoms in total. The van der Waals surface area contributed by atoms with Crippen molar-refractivity contribution in [3.05, 3.63) is 65.2 Å². The zero-order valence-corrected chi connectivity index (χ0v) is 16.7. The van der Waals surface area contributed by atoms with Gasteiger partial charge in [0.1, 0.15) is 6.04 Å². The third-order valence-electron chi connectivity index (χ3n) is 4.30. The molecule has 5 heteroatoms. The molecule has 0 fully saturated rings. The van der Waals surface area contributed by atoms with Gasteiger partial charge in [-0.25, -0.2) is 0 Å². The van der Waals surface area contributed by atoms with E-state index in [2.05, 4.69) is 10.6 Å². The van der Waals surface area contributed by atoms with Gasteiger partial charge in [0.2, 0.25) is 11.8 Å². The molecule has 1 atom stereocenters. The van der Waals surface area contributed by atoms with E-state index in [1.807, 2.05) is 76.2 Å². The van der Waals surface area contributed by atoms with E-state index in [4.69, 9.17) is 0 Å². The first-order valence-electron chi connectivity index (χ1n) is 9.20. The maximum Gasteiger partial charge on any atom is 0.246 e. The molecule has 0 aromatic heterocycles. The molecule has 0 saturated heterocycles. The molecule has 0 bridgehead atoms. The topological polar surface area (TPSA) is 61.4 Å². The van der Waals surface area contributed by atoms with E-state index in [1.165, 1.54) is 0 Å². The minimum atomic E-state index is -0.566. The van der Waals surface area contributed by atoms with Crippen LogP contribution in [-0.4, -0.2) is 36.3 Å². The first kappa shape index (κ1) is 20.6. The summed E-state index contributed by atoms with van der Waals surface area (Å²) in [5, 5.41) is 5.91. The van der Waals surface area contributed by atoms with Crippen LogP contribution in [0.4, 0.5) is 5.69 Å². The van der Waals surface area contributed by atoms with Crippen molar-refractivity contribution in [3.63, 3.8) is 0 Å². The normalized spacial score (nSPS) is 12.1. The van der Waals surface area contributed by atoms with E-state index < -0.39 is 6.04 Å². The van der Waals surface area contributed by atoms with Crippen LogP contribution in [0.15, 0.2) is 48.5 Å². The number of rotatable bonds is 7. The third-order valence-corrected chi connectivity index (χ3v) is 4.30. The average molecular weight is 367 g/mol. The number of benzene rings is 2. The van der Waals surface area contributed by atoms with Crippen molar-refractivity contribution < 1.29 is 9.59 Å². The Morgan fingerprint density at radius 3 is 2.33 bits per heavy atom. The molecule has 0 saturated carbocycles. The lowest BCUT2D eigenvalue weighted by Crippen LogP contribution is -2.43. The summed E-state index contributed by atoms with van der Waals surface area (Å²) in [6.45, 7) is 7.93. The van der Waals surface area contributed by atoms with Crippen LogP contribution in [0.5, 0.6) is 0 Å². The Labute approximate surface area is 161 Å². The van der Waals surface area contributed by atoms with Crippen molar-refractivity contribution in [1.29, 1.82) is 0 Å². The van der Waals surface area contributed by atoms with Gasteiger partial charge >= 0.3 is 0 Å². The molecule has 27 heavy (non-hydrogen) atoms. The number of carbonyl (C=O) groups excluding carboxylic acids is 2. The standard InChI is InChI=1S/C22H29N3O2/c1-15(2)23-20(26)14-25(5)21(18-9-7-6-8-10-18)22(27)24-19-13-16(3)11-12-17(19)4/h6-13,15,21H,14H2,1-5H3,(H,23,26)(H,24,27)/t21-/m1/s1. The monoisotopic (exact) mass is 367 g/mol. The maximum absolute atomic E-state index is 13.1. The summed E-state index contributed by atoms with van der Waals surface area (Å²) in [5.41, 5.74) is 3.72. The van der Waals surface area contributed by atoms with E-state index in [-0.39, 0.29) is 24.4 Å². The molecule has 0 spiro atoms. The number of hydrogen-bond donors (Lipinski definition) is 2. The summed E-state index contributed by atoms with van der Waals surface area (Å²) >= 11 is 0. The Morgan fingerprint density at radius 2 is 1.70 bits per heavy atom. The highest BCUT2D eigenvalue weighted by Crippen LogP contribution is 2.23. The Hall–Kier alpha value is -2.66. The third kappa shape index (κ3) is 5.93. The van der Waals surface area contributed by atoms with Gasteiger partial charge in [0.25, 0.3) is 0 Å². The highest BCUT2D eigenvalue weighted by molar-refractivity contribution is 5.96. The highest BCUT2D eigenvalue weighted by Gasteiger charge is 2.27. The fourth-order valence-electron chi connectivity index (χ4n) is 3.00. The second kappa shape index (κ2) is 9.33. The zero-order chi connectivity index (χ0) is 20.0. The Morgan fingerprint density at radius 1 is 1.04 bits per heavy atom. The number of hydrogen-bond acceptors (Lipinski definition) is 3. The molecule has 0 unspecified atom stereocenters. The lowest BCUT2D eigenvalue weighted by atomic mass is 10.0. The minimum absolute atomic E-state index is 0.0600. The molecule has 144 valence electrons. The van der Waals surface area contributed by atoms with Crippen molar-refractivity contribution in [3.8, 4) is 0 Å². The van der Waals surface area contributed by atoms with Gasteiger partial charge in [0.15, 0.2) is 0 Å². The fraction of sp³-hybridized carbons (Fsp3) is 0.364. The summed E-state index contributed by atoms with van der Waals surface area (Å²) < 4.78 is 0. The van der Waals surface area contributed by atoms with Gasteiger partial charge in [-0.3, -0.25) is 14.5 Å². The highest BCUT2D eigenvalue weighted by atomic mass is 16.2. The largest absolute Gasteiger partial charge is 0.353 e. The van der Waals surface area contributed by atoms with Crippen LogP contribution in [0.25, 0.3) is 0 Å². The SMILES string of the molecule is Cc1ccc(C)c(NC(=O)[C@@H](c2ccccc2)N(C)CC(=O)NC(C)C)c1. The molecular formula is C22H29N3O2. The minimum Gasteiger partial charge on any atom is -0.353 e. The molecule has 2 rings (SSSR count). The van der Waals surface area contributed by atoms with Crippen molar-refractivity contribution in [2.45, 2.75) is 39.8 Å². The van der Waals surface area contributed by atoms with E-state index in [9.17, 15) is 9.59 Å². The van der Waals surface area contributed by atoms with Crippen molar-refractivity contribution in [2.75, 3.05) is 18.9 Å². The van der Waals surface area contributed by atoms with Crippen molar-refractivity contribution >= 4 is 17.5 Å². The van der Waals surface area contributed by atoms with Gasteiger partial charge < -0.3 is 10.6 Å².